The third-order valence-corrected chi connectivity index (χ3v) is 12.9. The van der Waals surface area contributed by atoms with Crippen molar-refractivity contribution in [1.29, 1.82) is 0 Å². The van der Waals surface area contributed by atoms with Crippen molar-refractivity contribution in [2.75, 3.05) is 26.2 Å². The molecule has 0 bridgehead atoms. The van der Waals surface area contributed by atoms with Gasteiger partial charge in [0.15, 0.2) is 5.96 Å². The van der Waals surface area contributed by atoms with Crippen LogP contribution in [0, 0.1) is 12.3 Å². The number of unbranched alkanes of at least 4 members (excludes halogenated alkanes) is 2. The van der Waals surface area contributed by atoms with Gasteiger partial charge in [0.1, 0.15) is 36.0 Å². The summed E-state index contributed by atoms with van der Waals surface area (Å²) in [5.41, 5.74) is 20.6. The zero-order valence-electron chi connectivity index (χ0n) is 44.4. The van der Waals surface area contributed by atoms with Gasteiger partial charge in [-0.05, 0) is 80.7 Å². The summed E-state index contributed by atoms with van der Waals surface area (Å²) in [6, 6.07) is 19.9. The van der Waals surface area contributed by atoms with Gasteiger partial charge in [0.25, 0.3) is 0 Å². The highest BCUT2D eigenvalue weighted by Crippen LogP contribution is 2.20. The van der Waals surface area contributed by atoms with Crippen molar-refractivity contribution in [3.8, 4) is 12.3 Å². The molecule has 0 aliphatic rings. The van der Waals surface area contributed by atoms with Crippen LogP contribution in [0.1, 0.15) is 86.6 Å². The molecule has 15 N–H and O–H groups in total. The highest BCUT2D eigenvalue weighted by atomic mass is 16.2. The van der Waals surface area contributed by atoms with Crippen LogP contribution < -0.4 is 54.4 Å². The lowest BCUT2D eigenvalue weighted by Crippen LogP contribution is -2.59. The number of terminal acetylenes is 1. The molecular weight excluding hydrogens is 1010 g/mol. The molecule has 0 saturated heterocycles. The van der Waals surface area contributed by atoms with Crippen LogP contribution in [0.25, 0.3) is 10.9 Å². The van der Waals surface area contributed by atoms with Crippen molar-refractivity contribution in [2.24, 2.45) is 22.2 Å². The van der Waals surface area contributed by atoms with Gasteiger partial charge in [-0.15, -0.1) is 12.3 Å². The first-order chi connectivity index (χ1) is 38.2. The zero-order chi connectivity index (χ0) is 56.8. The summed E-state index contributed by atoms with van der Waals surface area (Å²) < 4.78 is 0. The monoisotopic (exact) mass is 1080 g/mol. The number of rotatable bonds is 36. The first-order valence-electron chi connectivity index (χ1n) is 26.6. The van der Waals surface area contributed by atoms with Gasteiger partial charge in [0.2, 0.25) is 41.4 Å². The average molecular weight is 1080 g/mol. The van der Waals surface area contributed by atoms with Crippen molar-refractivity contribution in [2.45, 2.75) is 120 Å². The molecule has 7 amide bonds. The molecule has 2 heterocycles. The number of fused-ring (bicyclic) bond motifs is 1. The van der Waals surface area contributed by atoms with Crippen LogP contribution in [0.15, 0.2) is 109 Å². The minimum Gasteiger partial charge on any atom is -0.370 e. The van der Waals surface area contributed by atoms with E-state index >= 15 is 0 Å². The number of aliphatic imine (C=N–C) groups is 1. The summed E-state index contributed by atoms with van der Waals surface area (Å²) >= 11 is 0. The van der Waals surface area contributed by atoms with E-state index in [2.05, 4.69) is 63.1 Å². The molecule has 22 nitrogen and oxygen atoms in total. The van der Waals surface area contributed by atoms with E-state index in [1.165, 1.54) is 12.5 Å². The van der Waals surface area contributed by atoms with Crippen LogP contribution in [0.3, 0.4) is 0 Å². The van der Waals surface area contributed by atoms with Gasteiger partial charge in [0, 0.05) is 74.1 Å². The number of nitrogens with two attached hydrogens (primary N) is 3. The van der Waals surface area contributed by atoms with Gasteiger partial charge in [-0.1, -0.05) is 78.9 Å². The second-order valence-electron chi connectivity index (χ2n) is 19.1. The van der Waals surface area contributed by atoms with Crippen molar-refractivity contribution >= 4 is 64.0 Å². The maximum Gasteiger partial charge on any atom is 0.243 e. The molecular formula is C57H74N14O8. The Bertz CT molecular complexity index is 2830. The number of hydrogen-bond donors (Lipinski definition) is 12. The average Bonchev–Trinajstić information content (AvgIpc) is 4.12. The van der Waals surface area contributed by atoms with Crippen molar-refractivity contribution in [1.82, 2.24) is 52.2 Å². The third kappa shape index (κ3) is 22.3. The molecule has 3 aromatic carbocycles. The number of nitrogens with zero attached hydrogens (tertiary/aromatic N) is 2. The first-order valence-corrected chi connectivity index (χ1v) is 26.6. The largest absolute Gasteiger partial charge is 0.370 e. The predicted molar refractivity (Wildman–Crippen MR) is 300 cm³/mol. The highest BCUT2D eigenvalue weighted by Gasteiger charge is 2.33. The van der Waals surface area contributed by atoms with E-state index in [0.29, 0.717) is 68.3 Å². The van der Waals surface area contributed by atoms with E-state index in [1.807, 2.05) is 54.6 Å². The standard InChI is InChI=1S/C57H74N14O8/c1-2-3-6-22-42(72)35-61-28-14-13-25-45(52(58)75)67-51(74)36-65-53(76)48(31-40-33-64-44-24-12-11-23-43(40)44)71-54(77)46(26-16-29-63-57(59)60)69-55(78)47(30-39-19-9-5-10-20-39)70-56(79)49(32-41-34-62-37-66-41)68-50(73)27-15-21-38-17-7-4-8-18-38/h1,4-5,7-12,17-20,23-24,33-34,37,45-49,61,64H,3,6,13-16,21-22,25-32,35-36H2,(H2,58,75)(H,62,66)(H,65,76)(H,67,74)(H,68,73)(H,69,78)(H,70,79)(H,71,77)(H4,59,60,63)/t45-,46-,47+,48-,49-/m0/s1. The fraction of sp³-hybridized carbons (Fsp3) is 0.404. The topological polar surface area (TPSA) is 356 Å². The molecule has 0 fully saturated rings. The fourth-order valence-electron chi connectivity index (χ4n) is 8.69. The predicted octanol–water partition coefficient (Wildman–Crippen LogP) is 1.15. The molecule has 0 unspecified atom stereocenters. The Kier molecular flexibility index (Phi) is 25.8. The number of H-pyrrole nitrogens is 2. The maximum absolute atomic E-state index is 14.6. The molecule has 5 aromatic rings. The van der Waals surface area contributed by atoms with E-state index < -0.39 is 72.2 Å². The molecule has 0 saturated carbocycles. The number of guanidine groups is 1. The summed E-state index contributed by atoms with van der Waals surface area (Å²) in [5.74, 6) is -2.42. The molecule has 0 aliphatic heterocycles. The van der Waals surface area contributed by atoms with Gasteiger partial charge in [-0.3, -0.25) is 43.3 Å². The number of aromatic amines is 2. The number of imidazole rings is 1. The fourth-order valence-corrected chi connectivity index (χ4v) is 8.69. The van der Waals surface area contributed by atoms with Gasteiger partial charge in [-0.2, -0.15) is 0 Å². The lowest BCUT2D eigenvalue weighted by molar-refractivity contribution is -0.135. The summed E-state index contributed by atoms with van der Waals surface area (Å²) in [6.07, 6.45) is 14.2. The quantitative estimate of drug-likeness (QED) is 0.0116. The van der Waals surface area contributed by atoms with Gasteiger partial charge >= 0.3 is 0 Å². The Morgan fingerprint density at radius 1 is 0.608 bits per heavy atom. The Hall–Kier alpha value is -8.84. The number of ketones is 1. The van der Waals surface area contributed by atoms with E-state index in [4.69, 9.17) is 23.6 Å². The van der Waals surface area contributed by atoms with Crippen molar-refractivity contribution < 1.29 is 38.4 Å². The number of primary amides is 1. The Morgan fingerprint density at radius 2 is 1.24 bits per heavy atom. The SMILES string of the molecule is C#CCCCC(=O)CNCCCC[C@H](NC(=O)CNC(=O)[C@H](Cc1c[nH]c2ccccc12)NC(=O)[C@H](CCCN=C(N)N)NC(=O)[C@@H](Cc1ccccc1)NC(=O)[C@H](Cc1cnc[nH]1)NC(=O)CCCc1ccccc1)C(N)=O. The van der Waals surface area contributed by atoms with Crippen molar-refractivity contribution in [3.05, 3.63) is 126 Å². The molecule has 5 rings (SSSR count). The molecule has 2 aromatic heterocycles. The van der Waals surface area contributed by atoms with Crippen LogP contribution in [-0.4, -0.2) is 124 Å². The zero-order valence-corrected chi connectivity index (χ0v) is 44.4. The summed E-state index contributed by atoms with van der Waals surface area (Å²) in [5, 5.41) is 20.3. The smallest absolute Gasteiger partial charge is 0.243 e. The van der Waals surface area contributed by atoms with Gasteiger partial charge in [0.05, 0.1) is 19.4 Å². The minimum absolute atomic E-state index is 0.0130. The number of carbonyl (C=O) groups excluding carboxylic acids is 8. The number of benzene rings is 3. The van der Waals surface area contributed by atoms with E-state index in [9.17, 15) is 38.4 Å². The van der Waals surface area contributed by atoms with Crippen LogP contribution in [0.2, 0.25) is 0 Å². The molecule has 0 spiro atoms. The second kappa shape index (κ2) is 33.3. The summed E-state index contributed by atoms with van der Waals surface area (Å²) in [6.45, 7) is 0.192. The Labute approximate surface area is 459 Å². The van der Waals surface area contributed by atoms with Crippen LogP contribution in [0.4, 0.5) is 0 Å². The number of amides is 7. The molecule has 79 heavy (non-hydrogen) atoms. The van der Waals surface area contributed by atoms with Crippen LogP contribution in [-0.2, 0) is 64.0 Å². The number of para-hydroxylation sites is 1. The first kappa shape index (κ1) is 61.0. The number of hydrogen-bond acceptors (Lipinski definition) is 11. The van der Waals surface area contributed by atoms with E-state index in [-0.39, 0.29) is 75.7 Å². The van der Waals surface area contributed by atoms with Gasteiger partial charge in [-0.25, -0.2) is 4.98 Å². The number of nitrogens with one attached hydrogen (secondary N) is 9. The van der Waals surface area contributed by atoms with Gasteiger partial charge < -0.3 is 64.4 Å². The number of Topliss-reactive ketones (excluding diaryl/α,β-unsaturated/α-hetero) is 1. The number of carbonyl (C=O) groups is 8. The number of aromatic nitrogens is 3. The number of aryl methyl sites for hydroxylation is 1. The molecule has 5 atom stereocenters. The lowest BCUT2D eigenvalue weighted by atomic mass is 10.0. The Morgan fingerprint density at radius 3 is 1.92 bits per heavy atom. The van der Waals surface area contributed by atoms with Crippen molar-refractivity contribution in [3.63, 3.8) is 0 Å². The third-order valence-electron chi connectivity index (χ3n) is 12.9. The second-order valence-corrected chi connectivity index (χ2v) is 19.1. The molecule has 420 valence electrons. The summed E-state index contributed by atoms with van der Waals surface area (Å²) in [4.78, 5) is 123. The van der Waals surface area contributed by atoms with E-state index in [0.717, 1.165) is 16.5 Å². The van der Waals surface area contributed by atoms with Crippen LogP contribution >= 0.6 is 0 Å². The minimum atomic E-state index is -1.32. The normalized spacial score (nSPS) is 12.8. The van der Waals surface area contributed by atoms with Crippen LogP contribution in [0.5, 0.6) is 0 Å². The highest BCUT2D eigenvalue weighted by molar-refractivity contribution is 5.97. The summed E-state index contributed by atoms with van der Waals surface area (Å²) in [7, 11) is 0. The molecule has 22 heteroatoms. The molecule has 0 radical (unpaired) electrons. The maximum atomic E-state index is 14.6. The Balaban J connectivity index is 1.31. The van der Waals surface area contributed by atoms with E-state index in [1.54, 1.807) is 36.5 Å². The molecule has 0 aliphatic carbocycles. The lowest BCUT2D eigenvalue weighted by Gasteiger charge is -2.27.